The van der Waals surface area contributed by atoms with E-state index in [0.29, 0.717) is 30.0 Å². The van der Waals surface area contributed by atoms with Crippen molar-refractivity contribution in [3.05, 3.63) is 59.7 Å². The third-order valence-electron chi connectivity index (χ3n) is 7.61. The maximum Gasteiger partial charge on any atom is 0.219 e. The second-order valence-corrected chi connectivity index (χ2v) is 9.80. The van der Waals surface area contributed by atoms with E-state index in [-0.39, 0.29) is 11.3 Å². The Morgan fingerprint density at radius 2 is 1.76 bits per heavy atom. The molecule has 1 amide bonds. The van der Waals surface area contributed by atoms with Gasteiger partial charge in [-0.1, -0.05) is 43.3 Å². The van der Waals surface area contributed by atoms with Gasteiger partial charge in [-0.15, -0.1) is 0 Å². The molecule has 1 fully saturated rings. The van der Waals surface area contributed by atoms with Crippen molar-refractivity contribution in [3.8, 4) is 11.5 Å². The molecule has 2 aromatic rings. The molecule has 5 heteroatoms. The summed E-state index contributed by atoms with van der Waals surface area (Å²) in [7, 11) is 5.50. The summed E-state index contributed by atoms with van der Waals surface area (Å²) < 4.78 is 10.8. The molecule has 33 heavy (non-hydrogen) atoms. The first-order valence-corrected chi connectivity index (χ1v) is 12.0. The molecular weight excluding hydrogens is 412 g/mol. The third-order valence-corrected chi connectivity index (χ3v) is 7.61. The van der Waals surface area contributed by atoms with E-state index in [9.17, 15) is 4.79 Å². The summed E-state index contributed by atoms with van der Waals surface area (Å²) in [4.78, 5) is 17.1. The van der Waals surface area contributed by atoms with Crippen molar-refractivity contribution in [2.45, 2.75) is 52.6 Å². The molecule has 1 aliphatic rings. The fourth-order valence-electron chi connectivity index (χ4n) is 5.34. The van der Waals surface area contributed by atoms with E-state index >= 15 is 0 Å². The van der Waals surface area contributed by atoms with Crippen molar-refractivity contribution in [1.29, 1.82) is 0 Å². The van der Waals surface area contributed by atoms with Gasteiger partial charge in [0.25, 0.3) is 0 Å². The second kappa shape index (κ2) is 11.1. The van der Waals surface area contributed by atoms with Crippen LogP contribution >= 0.6 is 0 Å². The molecule has 1 heterocycles. The van der Waals surface area contributed by atoms with Gasteiger partial charge in [0.1, 0.15) is 0 Å². The lowest BCUT2D eigenvalue weighted by Crippen LogP contribution is -2.51. The molecule has 0 radical (unpaired) electrons. The van der Waals surface area contributed by atoms with Crippen LogP contribution in [-0.2, 0) is 17.8 Å². The Morgan fingerprint density at radius 1 is 1.06 bits per heavy atom. The van der Waals surface area contributed by atoms with E-state index in [1.165, 1.54) is 5.56 Å². The first-order chi connectivity index (χ1) is 15.8. The standard InChI is InChI=1S/C28H40N2O3/c1-21-19-29(4)22(2)17-28(21,18-24-10-8-7-9-11-24)14-15-30(23(3)31)20-25-12-13-26(32-5)27(16-25)33-6/h7-13,16,21-22H,14-15,17-20H2,1-6H3. The molecule has 0 spiro atoms. The van der Waals surface area contributed by atoms with Crippen LogP contribution in [0.15, 0.2) is 48.5 Å². The first kappa shape index (κ1) is 25.1. The Hall–Kier alpha value is -2.53. The Labute approximate surface area is 199 Å². The Bertz CT molecular complexity index is 917. The first-order valence-electron chi connectivity index (χ1n) is 12.0. The van der Waals surface area contributed by atoms with Gasteiger partial charge in [0, 0.05) is 32.6 Å². The molecule has 2 aromatic carbocycles. The summed E-state index contributed by atoms with van der Waals surface area (Å²) in [6, 6.07) is 17.2. The Balaban J connectivity index is 1.80. The molecule has 0 N–H and O–H groups in total. The topological polar surface area (TPSA) is 42.0 Å². The number of nitrogens with zero attached hydrogens (tertiary/aromatic N) is 2. The van der Waals surface area contributed by atoms with Crippen LogP contribution in [0.5, 0.6) is 11.5 Å². The number of piperidine rings is 1. The van der Waals surface area contributed by atoms with Gasteiger partial charge in [0.2, 0.25) is 5.91 Å². The van der Waals surface area contributed by atoms with Crippen molar-refractivity contribution < 1.29 is 14.3 Å². The lowest BCUT2D eigenvalue weighted by atomic mass is 9.63. The predicted molar refractivity (Wildman–Crippen MR) is 134 cm³/mol. The Morgan fingerprint density at radius 3 is 2.39 bits per heavy atom. The van der Waals surface area contributed by atoms with Gasteiger partial charge in [0.15, 0.2) is 11.5 Å². The zero-order valence-electron chi connectivity index (χ0n) is 21.1. The summed E-state index contributed by atoms with van der Waals surface area (Å²) in [6.45, 7) is 8.79. The summed E-state index contributed by atoms with van der Waals surface area (Å²) >= 11 is 0. The maximum absolute atomic E-state index is 12.6. The minimum absolute atomic E-state index is 0.105. The quantitative estimate of drug-likeness (QED) is 0.535. The SMILES string of the molecule is COc1ccc(CN(CCC2(Cc3ccccc3)CC(C)N(C)CC2C)C(C)=O)cc1OC. The van der Waals surface area contributed by atoms with Crippen molar-refractivity contribution in [3.63, 3.8) is 0 Å². The zero-order chi connectivity index (χ0) is 24.0. The van der Waals surface area contributed by atoms with Crippen LogP contribution < -0.4 is 9.47 Å². The van der Waals surface area contributed by atoms with E-state index in [2.05, 4.69) is 56.1 Å². The molecule has 0 bridgehead atoms. The number of hydrogen-bond acceptors (Lipinski definition) is 4. The molecule has 0 aromatic heterocycles. The van der Waals surface area contributed by atoms with Crippen molar-refractivity contribution in [2.24, 2.45) is 11.3 Å². The van der Waals surface area contributed by atoms with Crippen LogP contribution in [0.25, 0.3) is 0 Å². The summed E-state index contributed by atoms with van der Waals surface area (Å²) in [5, 5.41) is 0. The smallest absolute Gasteiger partial charge is 0.219 e. The van der Waals surface area contributed by atoms with Gasteiger partial charge in [-0.25, -0.2) is 0 Å². The highest BCUT2D eigenvalue weighted by molar-refractivity contribution is 5.73. The van der Waals surface area contributed by atoms with Crippen LogP contribution in [0.2, 0.25) is 0 Å². The monoisotopic (exact) mass is 452 g/mol. The Kier molecular flexibility index (Phi) is 8.41. The molecule has 1 aliphatic heterocycles. The molecule has 3 unspecified atom stereocenters. The number of amides is 1. The van der Waals surface area contributed by atoms with Gasteiger partial charge in [-0.3, -0.25) is 4.79 Å². The van der Waals surface area contributed by atoms with E-state index < -0.39 is 0 Å². The summed E-state index contributed by atoms with van der Waals surface area (Å²) in [6.07, 6.45) is 3.19. The molecule has 5 nitrogen and oxygen atoms in total. The van der Waals surface area contributed by atoms with Gasteiger partial charge < -0.3 is 19.3 Å². The predicted octanol–water partition coefficient (Wildman–Crippen LogP) is 5.03. The molecule has 180 valence electrons. The van der Waals surface area contributed by atoms with E-state index in [1.807, 2.05) is 23.1 Å². The molecule has 0 saturated carbocycles. The fourth-order valence-corrected chi connectivity index (χ4v) is 5.34. The average molecular weight is 453 g/mol. The lowest BCUT2D eigenvalue weighted by Gasteiger charge is -2.50. The van der Waals surface area contributed by atoms with Crippen LogP contribution in [-0.4, -0.2) is 56.1 Å². The van der Waals surface area contributed by atoms with Gasteiger partial charge in [-0.2, -0.15) is 0 Å². The molecule has 1 saturated heterocycles. The number of likely N-dealkylation sites (tertiary alicyclic amines) is 1. The van der Waals surface area contributed by atoms with Crippen LogP contribution in [0.1, 0.15) is 44.7 Å². The molecule has 3 rings (SSSR count). The van der Waals surface area contributed by atoms with E-state index in [4.69, 9.17) is 9.47 Å². The number of ether oxygens (including phenoxy) is 2. The highest BCUT2D eigenvalue weighted by Crippen LogP contribution is 2.44. The van der Waals surface area contributed by atoms with Crippen molar-refractivity contribution in [2.75, 3.05) is 34.4 Å². The second-order valence-electron chi connectivity index (χ2n) is 9.80. The number of carbonyl (C=O) groups excluding carboxylic acids is 1. The van der Waals surface area contributed by atoms with E-state index in [0.717, 1.165) is 37.9 Å². The number of benzene rings is 2. The fraction of sp³-hybridized carbons (Fsp3) is 0.536. The minimum Gasteiger partial charge on any atom is -0.493 e. The van der Waals surface area contributed by atoms with Gasteiger partial charge >= 0.3 is 0 Å². The number of hydrogen-bond donors (Lipinski definition) is 0. The normalized spacial score (nSPS) is 23.2. The third kappa shape index (κ3) is 6.08. The number of carbonyl (C=O) groups is 1. The van der Waals surface area contributed by atoms with Crippen molar-refractivity contribution in [1.82, 2.24) is 9.80 Å². The zero-order valence-corrected chi connectivity index (χ0v) is 21.1. The molecule has 0 aliphatic carbocycles. The molecular formula is C28H40N2O3. The maximum atomic E-state index is 12.6. The lowest BCUT2D eigenvalue weighted by molar-refractivity contribution is -0.130. The summed E-state index contributed by atoms with van der Waals surface area (Å²) in [5.41, 5.74) is 2.60. The van der Waals surface area contributed by atoms with Crippen LogP contribution in [0.3, 0.4) is 0 Å². The van der Waals surface area contributed by atoms with Crippen molar-refractivity contribution >= 4 is 5.91 Å². The number of methoxy groups -OCH3 is 2. The highest BCUT2D eigenvalue weighted by Gasteiger charge is 2.42. The van der Waals surface area contributed by atoms with Crippen LogP contribution in [0, 0.1) is 11.3 Å². The van der Waals surface area contributed by atoms with Crippen LogP contribution in [0.4, 0.5) is 0 Å². The highest BCUT2D eigenvalue weighted by atomic mass is 16.5. The molecule has 3 atom stereocenters. The minimum atomic E-state index is 0.105. The average Bonchev–Trinajstić information content (AvgIpc) is 2.80. The largest absolute Gasteiger partial charge is 0.493 e. The van der Waals surface area contributed by atoms with E-state index in [1.54, 1.807) is 21.1 Å². The van der Waals surface area contributed by atoms with Gasteiger partial charge in [0.05, 0.1) is 14.2 Å². The summed E-state index contributed by atoms with van der Waals surface area (Å²) in [5.74, 6) is 2.05. The number of rotatable bonds is 9. The van der Waals surface area contributed by atoms with Gasteiger partial charge in [-0.05, 0) is 67.8 Å².